The standard InChI is InChI=1S/C10H5F4N3O/c11-6-4-15-2-1-5(6)7-3-8(18)17-9(16-7)10(12,13)14/h1-4H,(H,16,17,18). The third-order valence-corrected chi connectivity index (χ3v) is 2.06. The summed E-state index contributed by atoms with van der Waals surface area (Å²) in [6, 6.07) is 1.92. The molecule has 0 aliphatic rings. The van der Waals surface area contributed by atoms with E-state index in [4.69, 9.17) is 0 Å². The van der Waals surface area contributed by atoms with Gasteiger partial charge in [-0.2, -0.15) is 13.2 Å². The molecular formula is C10H5F4N3O. The average molecular weight is 259 g/mol. The molecule has 2 aromatic heterocycles. The van der Waals surface area contributed by atoms with E-state index in [0.29, 0.717) is 0 Å². The Morgan fingerprint density at radius 1 is 1.28 bits per heavy atom. The molecule has 4 nitrogen and oxygen atoms in total. The van der Waals surface area contributed by atoms with E-state index in [2.05, 4.69) is 9.97 Å². The normalized spacial score (nSPS) is 11.6. The number of aromatic nitrogens is 3. The largest absolute Gasteiger partial charge is 0.449 e. The van der Waals surface area contributed by atoms with Gasteiger partial charge in [0, 0.05) is 17.8 Å². The van der Waals surface area contributed by atoms with Crippen LogP contribution in [0, 0.1) is 5.82 Å². The number of halogens is 4. The number of aromatic amines is 1. The van der Waals surface area contributed by atoms with Gasteiger partial charge in [0.15, 0.2) is 5.82 Å². The zero-order valence-electron chi connectivity index (χ0n) is 8.62. The number of hydrogen-bond donors (Lipinski definition) is 1. The van der Waals surface area contributed by atoms with Crippen molar-refractivity contribution in [3.63, 3.8) is 0 Å². The number of alkyl halides is 3. The first-order valence-electron chi connectivity index (χ1n) is 4.66. The fourth-order valence-corrected chi connectivity index (χ4v) is 1.31. The van der Waals surface area contributed by atoms with Crippen molar-refractivity contribution in [2.75, 3.05) is 0 Å². The molecule has 2 heterocycles. The Balaban J connectivity index is 2.63. The summed E-state index contributed by atoms with van der Waals surface area (Å²) in [4.78, 5) is 19.3. The van der Waals surface area contributed by atoms with Crippen LogP contribution in [-0.4, -0.2) is 15.0 Å². The van der Waals surface area contributed by atoms with E-state index >= 15 is 0 Å². The summed E-state index contributed by atoms with van der Waals surface area (Å²) in [7, 11) is 0. The van der Waals surface area contributed by atoms with Gasteiger partial charge in [0.05, 0.1) is 11.9 Å². The van der Waals surface area contributed by atoms with Crippen LogP contribution < -0.4 is 5.56 Å². The third-order valence-electron chi connectivity index (χ3n) is 2.06. The predicted octanol–water partition coefficient (Wildman–Crippen LogP) is 1.99. The molecule has 0 unspecified atom stereocenters. The number of hydrogen-bond acceptors (Lipinski definition) is 3. The predicted molar refractivity (Wildman–Crippen MR) is 53.0 cm³/mol. The van der Waals surface area contributed by atoms with Crippen LogP contribution in [0.1, 0.15) is 5.82 Å². The third kappa shape index (κ3) is 2.36. The number of rotatable bonds is 1. The fraction of sp³-hybridized carbons (Fsp3) is 0.100. The van der Waals surface area contributed by atoms with Crippen molar-refractivity contribution in [3.8, 4) is 11.3 Å². The van der Waals surface area contributed by atoms with Crippen LogP contribution in [0.25, 0.3) is 11.3 Å². The molecule has 0 aliphatic carbocycles. The highest BCUT2D eigenvalue weighted by atomic mass is 19.4. The van der Waals surface area contributed by atoms with Crippen molar-refractivity contribution in [1.82, 2.24) is 15.0 Å². The summed E-state index contributed by atoms with van der Waals surface area (Å²) in [5.41, 5.74) is -1.63. The quantitative estimate of drug-likeness (QED) is 0.797. The van der Waals surface area contributed by atoms with Gasteiger partial charge in [-0.05, 0) is 6.07 Å². The molecular weight excluding hydrogens is 254 g/mol. The summed E-state index contributed by atoms with van der Waals surface area (Å²) < 4.78 is 50.6. The molecule has 0 bridgehead atoms. The van der Waals surface area contributed by atoms with Gasteiger partial charge < -0.3 is 4.98 Å². The van der Waals surface area contributed by atoms with Gasteiger partial charge in [0.1, 0.15) is 0 Å². The molecule has 0 amide bonds. The highest BCUT2D eigenvalue weighted by Crippen LogP contribution is 2.27. The van der Waals surface area contributed by atoms with Gasteiger partial charge >= 0.3 is 6.18 Å². The molecule has 2 rings (SSSR count). The molecule has 2 aromatic rings. The zero-order chi connectivity index (χ0) is 13.3. The van der Waals surface area contributed by atoms with E-state index < -0.39 is 29.1 Å². The highest BCUT2D eigenvalue weighted by molar-refractivity contribution is 5.58. The van der Waals surface area contributed by atoms with E-state index in [1.165, 1.54) is 6.20 Å². The summed E-state index contributed by atoms with van der Waals surface area (Å²) in [5, 5.41) is 0. The Bertz CT molecular complexity index is 636. The lowest BCUT2D eigenvalue weighted by atomic mass is 10.2. The van der Waals surface area contributed by atoms with E-state index in [0.717, 1.165) is 18.3 Å². The monoisotopic (exact) mass is 259 g/mol. The van der Waals surface area contributed by atoms with Crippen LogP contribution in [0.2, 0.25) is 0 Å². The lowest BCUT2D eigenvalue weighted by Gasteiger charge is -2.07. The molecule has 8 heteroatoms. The van der Waals surface area contributed by atoms with Gasteiger partial charge in [-0.3, -0.25) is 9.78 Å². The van der Waals surface area contributed by atoms with Gasteiger partial charge in [-0.25, -0.2) is 9.37 Å². The zero-order valence-corrected chi connectivity index (χ0v) is 8.62. The van der Waals surface area contributed by atoms with Gasteiger partial charge in [-0.1, -0.05) is 0 Å². The number of H-pyrrole nitrogens is 1. The molecule has 1 N–H and O–H groups in total. The second-order valence-corrected chi connectivity index (χ2v) is 3.33. The van der Waals surface area contributed by atoms with E-state index in [-0.39, 0.29) is 5.56 Å². The molecule has 0 fully saturated rings. The molecule has 0 saturated carbocycles. The van der Waals surface area contributed by atoms with Gasteiger partial charge in [0.25, 0.3) is 5.56 Å². The van der Waals surface area contributed by atoms with Crippen molar-refractivity contribution < 1.29 is 17.6 Å². The molecule has 94 valence electrons. The first kappa shape index (κ1) is 12.2. The molecule has 0 radical (unpaired) electrons. The minimum atomic E-state index is -4.81. The fourth-order valence-electron chi connectivity index (χ4n) is 1.31. The first-order chi connectivity index (χ1) is 8.38. The van der Waals surface area contributed by atoms with Gasteiger partial charge in [-0.15, -0.1) is 0 Å². The number of nitrogens with zero attached hydrogens (tertiary/aromatic N) is 2. The molecule has 0 atom stereocenters. The maximum absolute atomic E-state index is 13.3. The second kappa shape index (κ2) is 4.21. The van der Waals surface area contributed by atoms with E-state index in [1.54, 1.807) is 4.98 Å². The van der Waals surface area contributed by atoms with Crippen molar-refractivity contribution in [2.45, 2.75) is 6.18 Å². The lowest BCUT2D eigenvalue weighted by molar-refractivity contribution is -0.145. The van der Waals surface area contributed by atoms with Gasteiger partial charge in [0.2, 0.25) is 5.82 Å². The Hall–Kier alpha value is -2.25. The van der Waals surface area contributed by atoms with Crippen molar-refractivity contribution in [2.24, 2.45) is 0 Å². The van der Waals surface area contributed by atoms with Crippen LogP contribution in [0.3, 0.4) is 0 Å². The first-order valence-corrected chi connectivity index (χ1v) is 4.66. The topological polar surface area (TPSA) is 58.6 Å². The Morgan fingerprint density at radius 2 is 2.00 bits per heavy atom. The minimum Gasteiger partial charge on any atom is -0.303 e. The molecule has 0 aliphatic heterocycles. The molecule has 0 spiro atoms. The van der Waals surface area contributed by atoms with Crippen LogP contribution in [0.5, 0.6) is 0 Å². The van der Waals surface area contributed by atoms with Crippen molar-refractivity contribution in [3.05, 3.63) is 46.5 Å². The molecule has 0 saturated heterocycles. The minimum absolute atomic E-state index is 0.221. The average Bonchev–Trinajstić information content (AvgIpc) is 2.27. The SMILES string of the molecule is O=c1cc(-c2ccncc2F)nc(C(F)(F)F)[nH]1. The highest BCUT2D eigenvalue weighted by Gasteiger charge is 2.34. The summed E-state index contributed by atoms with van der Waals surface area (Å²) in [6.07, 6.45) is -2.79. The van der Waals surface area contributed by atoms with Crippen LogP contribution in [-0.2, 0) is 6.18 Å². The summed E-state index contributed by atoms with van der Waals surface area (Å²) in [6.45, 7) is 0. The Kier molecular flexibility index (Phi) is 2.85. The van der Waals surface area contributed by atoms with E-state index in [1.807, 2.05) is 0 Å². The summed E-state index contributed by atoms with van der Waals surface area (Å²) in [5.74, 6) is -2.33. The van der Waals surface area contributed by atoms with Crippen LogP contribution in [0.4, 0.5) is 17.6 Å². The lowest BCUT2D eigenvalue weighted by Crippen LogP contribution is -2.19. The smallest absolute Gasteiger partial charge is 0.303 e. The van der Waals surface area contributed by atoms with Crippen molar-refractivity contribution >= 4 is 0 Å². The Labute approximate surface area is 97.3 Å². The summed E-state index contributed by atoms with van der Waals surface area (Å²) >= 11 is 0. The second-order valence-electron chi connectivity index (χ2n) is 3.33. The van der Waals surface area contributed by atoms with Crippen molar-refractivity contribution in [1.29, 1.82) is 0 Å². The van der Waals surface area contributed by atoms with Crippen LogP contribution in [0.15, 0.2) is 29.3 Å². The number of nitrogens with one attached hydrogen (secondary N) is 1. The molecule has 0 aromatic carbocycles. The van der Waals surface area contributed by atoms with E-state index in [9.17, 15) is 22.4 Å². The molecule has 18 heavy (non-hydrogen) atoms. The Morgan fingerprint density at radius 3 is 2.61 bits per heavy atom. The maximum Gasteiger partial charge on any atom is 0.449 e. The van der Waals surface area contributed by atoms with Crippen LogP contribution >= 0.6 is 0 Å². The maximum atomic E-state index is 13.3. The number of pyridine rings is 1.